The topological polar surface area (TPSA) is 221 Å². The minimum atomic E-state index is -0.944. The van der Waals surface area contributed by atoms with Crippen molar-refractivity contribution in [2.24, 2.45) is 24.8 Å². The van der Waals surface area contributed by atoms with Gasteiger partial charge in [-0.3, -0.25) is 48.4 Å². The number of amides is 7. The molecule has 1 aliphatic carbocycles. The Balaban J connectivity index is 0.904. The van der Waals surface area contributed by atoms with Crippen LogP contribution in [0.15, 0.2) is 71.9 Å². The van der Waals surface area contributed by atoms with E-state index in [9.17, 15) is 33.6 Å². The molecule has 0 unspecified atom stereocenters. The number of nitrogens with one attached hydrogen (secondary N) is 3. The summed E-state index contributed by atoms with van der Waals surface area (Å²) in [4.78, 5) is 105. The number of anilines is 3. The summed E-state index contributed by atoms with van der Waals surface area (Å²) in [6.45, 7) is 15.1. The lowest BCUT2D eigenvalue weighted by atomic mass is 9.58. The first kappa shape index (κ1) is 56.3. The minimum Gasteiger partial charge on any atom is -0.444 e. The maximum atomic E-state index is 14.7. The molecule has 0 radical (unpaired) electrons. The van der Waals surface area contributed by atoms with Crippen LogP contribution in [-0.2, 0) is 60.9 Å². The molecule has 3 aliphatic heterocycles. The van der Waals surface area contributed by atoms with Crippen LogP contribution in [-0.4, -0.2) is 116 Å². The van der Waals surface area contributed by atoms with Crippen LogP contribution in [0.1, 0.15) is 131 Å². The molecule has 19 nitrogen and oxygen atoms in total. The van der Waals surface area contributed by atoms with Crippen molar-refractivity contribution >= 4 is 70.6 Å². The lowest BCUT2D eigenvalue weighted by Gasteiger charge is -2.46. The number of carbonyl (C=O) groups excluding carboxylic acids is 7. The molecule has 2 fully saturated rings. The van der Waals surface area contributed by atoms with Crippen LogP contribution >= 0.6 is 11.8 Å². The van der Waals surface area contributed by atoms with Crippen molar-refractivity contribution in [1.29, 1.82) is 0 Å². The Morgan fingerprint density at radius 2 is 1.65 bits per heavy atom. The van der Waals surface area contributed by atoms with Crippen molar-refractivity contribution in [2.45, 2.75) is 135 Å². The number of aryl methyl sites for hydroxylation is 1. The minimum absolute atomic E-state index is 0.0837. The lowest BCUT2D eigenvalue weighted by molar-refractivity contribution is -0.137. The van der Waals surface area contributed by atoms with Crippen LogP contribution < -0.4 is 25.8 Å². The van der Waals surface area contributed by atoms with Gasteiger partial charge in [-0.2, -0.15) is 0 Å². The molecule has 4 aliphatic rings. The van der Waals surface area contributed by atoms with Gasteiger partial charge in [-0.1, -0.05) is 46.2 Å². The fourth-order valence-electron chi connectivity index (χ4n) is 11.1. The molecule has 77 heavy (non-hydrogen) atoms. The Labute approximate surface area is 455 Å². The number of rotatable bonds is 22. The molecule has 0 bridgehead atoms. The van der Waals surface area contributed by atoms with Crippen LogP contribution in [0.25, 0.3) is 0 Å². The maximum absolute atomic E-state index is 14.7. The van der Waals surface area contributed by atoms with Crippen molar-refractivity contribution in [3.63, 3.8) is 0 Å². The maximum Gasteiger partial charge on any atom is 0.415 e. The van der Waals surface area contributed by atoms with Crippen LogP contribution in [0.4, 0.5) is 22.1 Å². The number of hydrogen-bond donors (Lipinski definition) is 3. The second kappa shape index (κ2) is 24.6. The number of pyridine rings is 1. The van der Waals surface area contributed by atoms with Gasteiger partial charge in [0.2, 0.25) is 17.7 Å². The van der Waals surface area contributed by atoms with Gasteiger partial charge in [0.15, 0.2) is 0 Å². The molecule has 7 amide bonds. The van der Waals surface area contributed by atoms with E-state index in [-0.39, 0.29) is 55.7 Å². The number of fused-ring (bicyclic) bond motifs is 1. The summed E-state index contributed by atoms with van der Waals surface area (Å²) in [5, 5.41) is 17.1. The molecule has 2 aromatic carbocycles. The average Bonchev–Trinajstić information content (AvgIpc) is 4.13. The summed E-state index contributed by atoms with van der Waals surface area (Å²) in [5.41, 5.74) is 4.23. The summed E-state index contributed by atoms with van der Waals surface area (Å²) in [7, 11) is 1.93. The molecule has 20 heteroatoms. The van der Waals surface area contributed by atoms with Crippen molar-refractivity contribution in [3.05, 3.63) is 101 Å². The number of hydrogen-bond acceptors (Lipinski definition) is 13. The Hall–Kier alpha value is -6.93. The van der Waals surface area contributed by atoms with Gasteiger partial charge in [-0.15, -0.1) is 22.0 Å². The Bertz CT molecular complexity index is 2880. The molecule has 1 saturated carbocycles. The highest BCUT2D eigenvalue weighted by atomic mass is 32.2. The van der Waals surface area contributed by atoms with Crippen molar-refractivity contribution < 1.29 is 38.3 Å². The summed E-state index contributed by atoms with van der Waals surface area (Å²) >= 11 is 1.64. The zero-order chi connectivity index (χ0) is 55.1. The molecule has 410 valence electrons. The number of thioether (sulfide) groups is 1. The van der Waals surface area contributed by atoms with Crippen LogP contribution in [0.2, 0.25) is 0 Å². The number of carbonyl (C=O) groups is 7. The van der Waals surface area contributed by atoms with Crippen LogP contribution in [0.3, 0.4) is 0 Å². The van der Waals surface area contributed by atoms with Crippen LogP contribution in [0.5, 0.6) is 0 Å². The molecular formula is C57H73N11O8S. The van der Waals surface area contributed by atoms with Gasteiger partial charge in [-0.05, 0) is 142 Å². The third kappa shape index (κ3) is 12.9. The predicted molar refractivity (Wildman–Crippen MR) is 294 cm³/mol. The quantitative estimate of drug-likeness (QED) is 0.0401. The Kier molecular flexibility index (Phi) is 18.0. The van der Waals surface area contributed by atoms with Gasteiger partial charge in [0.1, 0.15) is 42.5 Å². The van der Waals surface area contributed by atoms with E-state index in [1.807, 2.05) is 36.9 Å². The lowest BCUT2D eigenvalue weighted by Crippen LogP contribution is -2.53. The number of imide groups is 1. The molecule has 3 N–H and O–H groups in total. The average molecular weight is 1070 g/mol. The second-order valence-electron chi connectivity index (χ2n) is 21.6. The molecule has 4 aromatic rings. The molecule has 3 atom stereocenters. The highest BCUT2D eigenvalue weighted by molar-refractivity contribution is 7.98. The van der Waals surface area contributed by atoms with Gasteiger partial charge >= 0.3 is 6.09 Å². The van der Waals surface area contributed by atoms with E-state index in [2.05, 4.69) is 57.0 Å². The molecule has 2 aromatic heterocycles. The van der Waals surface area contributed by atoms with Crippen molar-refractivity contribution in [1.82, 2.24) is 40.2 Å². The highest BCUT2D eigenvalue weighted by Gasteiger charge is 2.49. The van der Waals surface area contributed by atoms with E-state index < -0.39 is 35.4 Å². The first-order chi connectivity index (χ1) is 36.9. The zero-order valence-electron chi connectivity index (χ0n) is 45.6. The standard InChI is InChI=1S/C57H73N11O8S/c1-9-66(56(75)76-33-39-16-18-42(19-17-39)60-52(72)38(6)59-53(73)51(35(2)3)62-48(69)15-11-10-12-23-67-49(70)20-21-50(67)71)46-26-41(57(28-37(5)29-57)55-63-58-34-64(55)7)27-47(61-46)68-32-44-43(54(68)74)24-40(25-45(44)77-8)31-65-22-13-14-36(4)30-65/h16-21,24-27,34-38,51H,9-15,22-23,28-33H2,1-8H3,(H,59,73)(H,60,72)(H,62,69)/t36-,37-,38-,51-,57+/m0/s1. The summed E-state index contributed by atoms with van der Waals surface area (Å²) in [6.07, 6.45) is 11.4. The summed E-state index contributed by atoms with van der Waals surface area (Å²) in [6, 6.07) is 13.2. The van der Waals surface area contributed by atoms with E-state index in [1.165, 1.54) is 34.8 Å². The van der Waals surface area contributed by atoms with E-state index >= 15 is 0 Å². The first-order valence-corrected chi connectivity index (χ1v) is 28.2. The second-order valence-corrected chi connectivity index (χ2v) is 22.5. The van der Waals surface area contributed by atoms with Crippen molar-refractivity contribution in [3.8, 4) is 0 Å². The van der Waals surface area contributed by atoms with Gasteiger partial charge in [0.25, 0.3) is 17.7 Å². The number of aromatic nitrogens is 4. The third-order valence-corrected chi connectivity index (χ3v) is 16.0. The SMILES string of the molecule is CCN(C(=O)OCc1ccc(NC(=O)[C@H](C)NC(=O)[C@@H](NC(=O)CCCCCN2C(=O)C=CC2=O)C(C)C)cc1)c1cc([C@]2(c3nncn3C)C[C@@H](C)C2)cc(N2Cc3c(SC)cc(CN4CCC[C@H](C)C4)cc3C2=O)n1. The van der Waals surface area contributed by atoms with Gasteiger partial charge < -0.3 is 25.3 Å². The third-order valence-electron chi connectivity index (χ3n) is 15.2. The molecule has 5 heterocycles. The summed E-state index contributed by atoms with van der Waals surface area (Å²) in [5.74, 6) is 0.260. The normalized spacial score (nSPS) is 20.0. The zero-order valence-corrected chi connectivity index (χ0v) is 46.4. The smallest absolute Gasteiger partial charge is 0.415 e. The largest absolute Gasteiger partial charge is 0.444 e. The number of ether oxygens (including phenoxy) is 1. The Morgan fingerprint density at radius 1 is 0.909 bits per heavy atom. The van der Waals surface area contributed by atoms with Crippen molar-refractivity contribution in [2.75, 3.05) is 47.6 Å². The van der Waals surface area contributed by atoms with Gasteiger partial charge in [0, 0.05) is 67.9 Å². The number of nitrogens with zero attached hydrogens (tertiary/aromatic N) is 8. The molecule has 8 rings (SSSR count). The van der Waals surface area contributed by atoms with E-state index in [4.69, 9.17) is 9.72 Å². The Morgan fingerprint density at radius 3 is 2.30 bits per heavy atom. The van der Waals surface area contributed by atoms with E-state index in [0.717, 1.165) is 59.9 Å². The van der Waals surface area contributed by atoms with Crippen LogP contribution in [0, 0.1) is 17.8 Å². The fourth-order valence-corrected chi connectivity index (χ4v) is 11.8. The molecule has 1 saturated heterocycles. The van der Waals surface area contributed by atoms with Gasteiger partial charge in [-0.25, -0.2) is 9.78 Å². The number of unbranched alkanes of at least 4 members (excludes halogenated alkanes) is 2. The molecule has 0 spiro atoms. The summed E-state index contributed by atoms with van der Waals surface area (Å²) < 4.78 is 7.87. The molecular weight excluding hydrogens is 999 g/mol. The fraction of sp³-hybridized carbons (Fsp3) is 0.509. The number of likely N-dealkylation sites (tertiary alicyclic amines) is 1. The number of benzene rings is 2. The monoisotopic (exact) mass is 1070 g/mol. The number of piperidine rings is 1. The first-order valence-electron chi connectivity index (χ1n) is 27.0. The van der Waals surface area contributed by atoms with E-state index in [0.29, 0.717) is 66.1 Å². The van der Waals surface area contributed by atoms with Gasteiger partial charge in [0.05, 0.1) is 12.0 Å². The predicted octanol–water partition coefficient (Wildman–Crippen LogP) is 7.27. The van der Waals surface area contributed by atoms with E-state index in [1.54, 1.807) is 68.0 Å². The highest BCUT2D eigenvalue weighted by Crippen LogP contribution is 2.52.